The summed E-state index contributed by atoms with van der Waals surface area (Å²) in [7, 11) is 0. The van der Waals surface area contributed by atoms with Gasteiger partial charge in [0, 0.05) is 34.8 Å². The van der Waals surface area contributed by atoms with Crippen molar-refractivity contribution in [1.29, 1.82) is 0 Å². The van der Waals surface area contributed by atoms with E-state index in [1.165, 1.54) is 30.3 Å². The number of hydrogen-bond donors (Lipinski definition) is 1. The fraction of sp³-hybridized carbons (Fsp3) is 0.0526. The molecule has 0 unspecified atom stereocenters. The van der Waals surface area contributed by atoms with Gasteiger partial charge < -0.3 is 14.2 Å². The number of thioether (sulfide) groups is 1. The Bertz CT molecular complexity index is 1300. The van der Waals surface area contributed by atoms with E-state index in [0.717, 1.165) is 11.8 Å². The van der Waals surface area contributed by atoms with Crippen molar-refractivity contribution in [3.05, 3.63) is 75.1 Å². The topological polar surface area (TPSA) is 141 Å². The number of rotatable bonds is 6. The van der Waals surface area contributed by atoms with Crippen molar-refractivity contribution >= 4 is 40.0 Å². The van der Waals surface area contributed by atoms with E-state index in [4.69, 9.17) is 8.83 Å². The minimum atomic E-state index is -0.497. The Labute approximate surface area is 172 Å². The quantitative estimate of drug-likeness (QED) is 0.213. The summed E-state index contributed by atoms with van der Waals surface area (Å²) in [6.45, 7) is 0. The van der Waals surface area contributed by atoms with Crippen LogP contribution in [-0.4, -0.2) is 26.8 Å². The number of nitro benzene ring substituents is 1. The molecule has 4 aromatic rings. The maximum atomic E-state index is 12.2. The summed E-state index contributed by atoms with van der Waals surface area (Å²) in [5, 5.41) is 22.1. The third kappa shape index (κ3) is 4.36. The SMILES string of the molecule is O=C(CSc1nnc(-c2ccc([N+](=O)[O-])cc2)o1)Nc1ccc2oc(=O)ccc2c1. The molecular weight excluding hydrogens is 412 g/mol. The van der Waals surface area contributed by atoms with Gasteiger partial charge in [0.2, 0.25) is 11.8 Å². The van der Waals surface area contributed by atoms with E-state index in [-0.39, 0.29) is 28.5 Å². The molecule has 0 fully saturated rings. The van der Waals surface area contributed by atoms with Crippen LogP contribution >= 0.6 is 11.8 Å². The number of nitrogens with zero attached hydrogens (tertiary/aromatic N) is 3. The molecule has 0 spiro atoms. The second kappa shape index (κ2) is 8.17. The zero-order valence-electron chi connectivity index (χ0n) is 15.1. The molecule has 1 amide bonds. The molecule has 2 aromatic carbocycles. The summed E-state index contributed by atoms with van der Waals surface area (Å²) < 4.78 is 10.5. The Morgan fingerprint density at radius 2 is 1.87 bits per heavy atom. The van der Waals surface area contributed by atoms with Gasteiger partial charge in [0.1, 0.15) is 5.58 Å². The van der Waals surface area contributed by atoms with Crippen LogP contribution in [0.3, 0.4) is 0 Å². The van der Waals surface area contributed by atoms with E-state index < -0.39 is 10.5 Å². The van der Waals surface area contributed by atoms with Crippen LogP contribution in [0.5, 0.6) is 0 Å². The van der Waals surface area contributed by atoms with Crippen LogP contribution in [0.4, 0.5) is 11.4 Å². The number of fused-ring (bicyclic) bond motifs is 1. The fourth-order valence-electron chi connectivity index (χ4n) is 2.58. The molecule has 11 heteroatoms. The van der Waals surface area contributed by atoms with Crippen LogP contribution in [0.2, 0.25) is 0 Å². The molecule has 0 aliphatic carbocycles. The molecule has 2 heterocycles. The second-order valence-electron chi connectivity index (χ2n) is 6.02. The largest absolute Gasteiger partial charge is 0.423 e. The van der Waals surface area contributed by atoms with Crippen molar-refractivity contribution < 1.29 is 18.6 Å². The van der Waals surface area contributed by atoms with E-state index in [1.54, 1.807) is 24.3 Å². The van der Waals surface area contributed by atoms with E-state index in [2.05, 4.69) is 15.5 Å². The van der Waals surface area contributed by atoms with Gasteiger partial charge in [-0.05, 0) is 36.4 Å². The number of aromatic nitrogens is 2. The minimum absolute atomic E-state index is 0.0316. The highest BCUT2D eigenvalue weighted by atomic mass is 32.2. The zero-order chi connectivity index (χ0) is 21.1. The summed E-state index contributed by atoms with van der Waals surface area (Å²) >= 11 is 1.06. The van der Waals surface area contributed by atoms with Gasteiger partial charge in [0.25, 0.3) is 10.9 Å². The molecule has 10 nitrogen and oxygen atoms in total. The molecule has 150 valence electrons. The first-order chi connectivity index (χ1) is 14.5. The number of nitrogens with one attached hydrogen (secondary N) is 1. The highest BCUT2D eigenvalue weighted by Gasteiger charge is 2.13. The minimum Gasteiger partial charge on any atom is -0.423 e. The number of benzene rings is 2. The van der Waals surface area contributed by atoms with E-state index >= 15 is 0 Å². The Morgan fingerprint density at radius 3 is 2.63 bits per heavy atom. The van der Waals surface area contributed by atoms with Crippen LogP contribution < -0.4 is 10.9 Å². The van der Waals surface area contributed by atoms with Crippen LogP contribution in [0, 0.1) is 10.1 Å². The van der Waals surface area contributed by atoms with Gasteiger partial charge in [0.05, 0.1) is 10.7 Å². The number of carbonyl (C=O) groups excluding carboxylic acids is 1. The predicted octanol–water partition coefficient (Wildman–Crippen LogP) is 3.48. The standard InChI is InChI=1S/C19H12N4O6S/c24-16(20-13-4-7-15-12(9-13)3-8-17(25)28-15)10-30-19-22-21-18(29-19)11-1-5-14(6-2-11)23(26)27/h1-9H,10H2,(H,20,24). The molecule has 0 bridgehead atoms. The van der Waals surface area contributed by atoms with Crippen LogP contribution in [-0.2, 0) is 4.79 Å². The Kier molecular flexibility index (Phi) is 5.26. The lowest BCUT2D eigenvalue weighted by molar-refractivity contribution is -0.384. The molecule has 2 aromatic heterocycles. The van der Waals surface area contributed by atoms with Crippen LogP contribution in [0.15, 0.2) is 73.4 Å². The Morgan fingerprint density at radius 1 is 1.07 bits per heavy atom. The van der Waals surface area contributed by atoms with Gasteiger partial charge >= 0.3 is 5.63 Å². The molecule has 0 aliphatic rings. The van der Waals surface area contributed by atoms with Crippen molar-refractivity contribution in [2.45, 2.75) is 5.22 Å². The molecule has 0 saturated carbocycles. The number of anilines is 1. The van der Waals surface area contributed by atoms with Gasteiger partial charge in [-0.1, -0.05) is 11.8 Å². The molecule has 30 heavy (non-hydrogen) atoms. The molecule has 1 N–H and O–H groups in total. The fourth-order valence-corrected chi connectivity index (χ4v) is 3.15. The summed E-state index contributed by atoms with van der Waals surface area (Å²) in [5.74, 6) is -0.0558. The lowest BCUT2D eigenvalue weighted by Crippen LogP contribution is -2.14. The van der Waals surface area contributed by atoms with Gasteiger partial charge in [-0.2, -0.15) is 0 Å². The molecule has 0 atom stereocenters. The maximum absolute atomic E-state index is 12.2. The van der Waals surface area contributed by atoms with Crippen LogP contribution in [0.1, 0.15) is 0 Å². The lowest BCUT2D eigenvalue weighted by Gasteiger charge is -2.05. The Hall–Kier alpha value is -3.99. The smallest absolute Gasteiger partial charge is 0.336 e. The van der Waals surface area contributed by atoms with Crippen molar-refractivity contribution in [3.8, 4) is 11.5 Å². The normalized spacial score (nSPS) is 10.8. The zero-order valence-corrected chi connectivity index (χ0v) is 15.9. The number of amides is 1. The third-order valence-electron chi connectivity index (χ3n) is 3.96. The maximum Gasteiger partial charge on any atom is 0.336 e. The molecular formula is C19H12N4O6S. The van der Waals surface area contributed by atoms with Gasteiger partial charge in [-0.25, -0.2) is 4.79 Å². The van der Waals surface area contributed by atoms with Gasteiger partial charge in [-0.15, -0.1) is 10.2 Å². The predicted molar refractivity (Wildman–Crippen MR) is 108 cm³/mol. The highest BCUT2D eigenvalue weighted by molar-refractivity contribution is 7.99. The number of nitro groups is 1. The molecule has 0 aliphatic heterocycles. The monoisotopic (exact) mass is 424 g/mol. The summed E-state index contributed by atoms with van der Waals surface area (Å²) in [5.41, 5.74) is 1.04. The molecule has 4 rings (SSSR count). The first-order valence-corrected chi connectivity index (χ1v) is 9.51. The van der Waals surface area contributed by atoms with Gasteiger partial charge in [0.15, 0.2) is 0 Å². The third-order valence-corrected chi connectivity index (χ3v) is 4.78. The summed E-state index contributed by atoms with van der Waals surface area (Å²) in [4.78, 5) is 33.6. The average Bonchev–Trinajstić information content (AvgIpc) is 3.21. The summed E-state index contributed by atoms with van der Waals surface area (Å²) in [6, 6.07) is 13.6. The molecule has 0 radical (unpaired) electrons. The highest BCUT2D eigenvalue weighted by Crippen LogP contribution is 2.25. The van der Waals surface area contributed by atoms with Gasteiger partial charge in [-0.3, -0.25) is 14.9 Å². The number of carbonyl (C=O) groups is 1. The van der Waals surface area contributed by atoms with Crippen molar-refractivity contribution in [1.82, 2.24) is 10.2 Å². The average molecular weight is 424 g/mol. The number of hydrogen-bond acceptors (Lipinski definition) is 9. The second-order valence-corrected chi connectivity index (χ2v) is 6.95. The first-order valence-electron chi connectivity index (χ1n) is 8.53. The van der Waals surface area contributed by atoms with E-state index in [0.29, 0.717) is 22.2 Å². The molecule has 0 saturated heterocycles. The number of non-ortho nitro benzene ring substituents is 1. The van der Waals surface area contributed by atoms with Crippen molar-refractivity contribution in [2.75, 3.05) is 11.1 Å². The first kappa shape index (κ1) is 19.3. The van der Waals surface area contributed by atoms with E-state index in [9.17, 15) is 19.7 Å². The van der Waals surface area contributed by atoms with E-state index in [1.807, 2.05) is 0 Å². The summed E-state index contributed by atoms with van der Waals surface area (Å²) in [6.07, 6.45) is 0. The lowest BCUT2D eigenvalue weighted by atomic mass is 10.2. The Balaban J connectivity index is 1.37. The van der Waals surface area contributed by atoms with Crippen molar-refractivity contribution in [3.63, 3.8) is 0 Å². The van der Waals surface area contributed by atoms with Crippen LogP contribution in [0.25, 0.3) is 22.4 Å². The van der Waals surface area contributed by atoms with Crippen molar-refractivity contribution in [2.24, 2.45) is 0 Å².